The molecule has 3 heterocycles. The van der Waals surface area contributed by atoms with Gasteiger partial charge in [-0.1, -0.05) is 182 Å². The maximum Gasteiger partial charge on any atom is 0.167 e. The van der Waals surface area contributed by atoms with Gasteiger partial charge in [-0.05, 0) is 69.3 Å². The number of aromatic nitrogens is 3. The van der Waals surface area contributed by atoms with Gasteiger partial charge in [0.2, 0.25) is 0 Å². The van der Waals surface area contributed by atoms with E-state index in [0.717, 1.165) is 77.6 Å². The maximum absolute atomic E-state index is 7.28. The Morgan fingerprint density at radius 3 is 1.53 bits per heavy atom. The predicted octanol–water partition coefficient (Wildman–Crippen LogP) is 15.8. The molecule has 3 aromatic heterocycles. The lowest BCUT2D eigenvalue weighted by Gasteiger charge is -2.12. The molecule has 0 amide bonds. The molecular weight excluding hydrogens is 775 g/mol. The molecule has 0 atom stereocenters. The molecule has 0 bridgehead atoms. The zero-order chi connectivity index (χ0) is 41.0. The van der Waals surface area contributed by atoms with Crippen LogP contribution in [-0.4, -0.2) is 15.0 Å². The summed E-state index contributed by atoms with van der Waals surface area (Å²) in [4.78, 5) is 15.4. The van der Waals surface area contributed by atoms with Crippen molar-refractivity contribution in [2.75, 3.05) is 0 Å². The molecule has 62 heavy (non-hydrogen) atoms. The molecule has 0 unspecified atom stereocenters. The lowest BCUT2D eigenvalue weighted by molar-refractivity contribution is 0.670. The largest absolute Gasteiger partial charge is 0.455 e. The van der Waals surface area contributed by atoms with Crippen molar-refractivity contribution in [3.63, 3.8) is 0 Å². The van der Waals surface area contributed by atoms with Crippen LogP contribution in [0.15, 0.2) is 217 Å². The van der Waals surface area contributed by atoms with Crippen molar-refractivity contribution in [2.45, 2.75) is 0 Å². The fourth-order valence-corrected chi connectivity index (χ4v) is 10.0. The summed E-state index contributed by atoms with van der Waals surface area (Å²) >= 11 is 1.85. The zero-order valence-electron chi connectivity index (χ0n) is 33.4. The van der Waals surface area contributed by atoms with Gasteiger partial charge in [0, 0.05) is 47.6 Å². The minimum Gasteiger partial charge on any atom is -0.455 e. The second-order valence-electron chi connectivity index (χ2n) is 15.5. The normalized spacial score (nSPS) is 11.5. The molecule has 0 aliphatic heterocycles. The fourth-order valence-electron chi connectivity index (χ4n) is 8.79. The number of thiophene rings is 1. The van der Waals surface area contributed by atoms with Gasteiger partial charge in [0.25, 0.3) is 0 Å². The van der Waals surface area contributed by atoms with Crippen LogP contribution in [0.25, 0.3) is 121 Å². The summed E-state index contributed by atoms with van der Waals surface area (Å²) < 4.78 is 9.86. The molecule has 4 nitrogen and oxygen atoms in total. The molecule has 0 saturated heterocycles. The van der Waals surface area contributed by atoms with E-state index in [1.165, 1.54) is 25.7 Å². The van der Waals surface area contributed by atoms with E-state index in [-0.39, 0.29) is 0 Å². The number of benzene rings is 9. The summed E-state index contributed by atoms with van der Waals surface area (Å²) in [7, 11) is 0. The van der Waals surface area contributed by atoms with E-state index in [2.05, 4.69) is 152 Å². The van der Waals surface area contributed by atoms with Crippen molar-refractivity contribution in [3.05, 3.63) is 212 Å². The second-order valence-corrected chi connectivity index (χ2v) is 16.6. The first-order valence-electron chi connectivity index (χ1n) is 20.8. The molecule has 0 radical (unpaired) electrons. The van der Waals surface area contributed by atoms with Gasteiger partial charge < -0.3 is 4.42 Å². The van der Waals surface area contributed by atoms with Crippen molar-refractivity contribution >= 4 is 53.4 Å². The molecule has 0 fully saturated rings. The van der Waals surface area contributed by atoms with Crippen LogP contribution in [0.4, 0.5) is 0 Å². The SMILES string of the molecule is c1ccc(-c2cc(-c3ccccc3)c3oc4c(-c5nc(-c6ccccc6)nc(-c6ccccc6)n5)ccc(-c5cccc(-c6cccc7c6sc6ccccc67)c5)c4c3c2)cc1. The number of nitrogens with zero attached hydrogens (tertiary/aromatic N) is 3. The molecule has 5 heteroatoms. The molecule has 12 rings (SSSR count). The summed E-state index contributed by atoms with van der Waals surface area (Å²) in [5.41, 5.74) is 13.0. The van der Waals surface area contributed by atoms with Crippen LogP contribution in [-0.2, 0) is 0 Å². The summed E-state index contributed by atoms with van der Waals surface area (Å²) in [6, 6.07) is 74.5. The molecule has 0 N–H and O–H groups in total. The quantitative estimate of drug-likeness (QED) is 0.161. The zero-order valence-corrected chi connectivity index (χ0v) is 34.2. The molecular formula is C57H35N3OS. The Kier molecular flexibility index (Phi) is 8.65. The summed E-state index contributed by atoms with van der Waals surface area (Å²) in [5.74, 6) is 1.74. The molecule has 0 saturated carbocycles. The van der Waals surface area contributed by atoms with Gasteiger partial charge in [0.1, 0.15) is 11.2 Å². The molecule has 290 valence electrons. The van der Waals surface area contributed by atoms with Crippen molar-refractivity contribution in [1.82, 2.24) is 15.0 Å². The van der Waals surface area contributed by atoms with Crippen molar-refractivity contribution in [1.29, 1.82) is 0 Å². The lowest BCUT2D eigenvalue weighted by Crippen LogP contribution is -2.00. The van der Waals surface area contributed by atoms with Gasteiger partial charge in [-0.3, -0.25) is 0 Å². The lowest BCUT2D eigenvalue weighted by atomic mass is 9.91. The highest BCUT2D eigenvalue weighted by molar-refractivity contribution is 7.26. The third-order valence-electron chi connectivity index (χ3n) is 11.7. The Labute approximate surface area is 362 Å². The van der Waals surface area contributed by atoms with E-state index in [4.69, 9.17) is 19.4 Å². The maximum atomic E-state index is 7.28. The van der Waals surface area contributed by atoms with Crippen LogP contribution in [0.5, 0.6) is 0 Å². The number of hydrogen-bond acceptors (Lipinski definition) is 5. The number of fused-ring (bicyclic) bond motifs is 6. The van der Waals surface area contributed by atoms with Crippen LogP contribution in [0.3, 0.4) is 0 Å². The average Bonchev–Trinajstić information content (AvgIpc) is 3.94. The third kappa shape index (κ3) is 6.18. The Morgan fingerprint density at radius 1 is 0.306 bits per heavy atom. The summed E-state index contributed by atoms with van der Waals surface area (Å²) in [6.07, 6.45) is 0. The first kappa shape index (κ1) is 35.9. The molecule has 0 spiro atoms. The van der Waals surface area contributed by atoms with Crippen molar-refractivity contribution in [2.24, 2.45) is 0 Å². The Bertz CT molecular complexity index is 3560. The molecule has 9 aromatic carbocycles. The van der Waals surface area contributed by atoms with Gasteiger partial charge in [-0.25, -0.2) is 15.0 Å². The minimum absolute atomic E-state index is 0.544. The van der Waals surface area contributed by atoms with E-state index in [1.807, 2.05) is 72.0 Å². The Balaban J connectivity index is 1.15. The predicted molar refractivity (Wildman–Crippen MR) is 258 cm³/mol. The van der Waals surface area contributed by atoms with Crippen LogP contribution in [0.2, 0.25) is 0 Å². The molecule has 0 aliphatic rings. The van der Waals surface area contributed by atoms with Crippen LogP contribution < -0.4 is 0 Å². The average molecular weight is 810 g/mol. The van der Waals surface area contributed by atoms with Gasteiger partial charge in [-0.2, -0.15) is 0 Å². The van der Waals surface area contributed by atoms with Crippen LogP contribution in [0.1, 0.15) is 0 Å². The van der Waals surface area contributed by atoms with Crippen molar-refractivity contribution in [3.8, 4) is 78.7 Å². The van der Waals surface area contributed by atoms with Gasteiger partial charge in [0.05, 0.1) is 5.56 Å². The van der Waals surface area contributed by atoms with E-state index in [9.17, 15) is 0 Å². The highest BCUT2D eigenvalue weighted by Gasteiger charge is 2.24. The summed E-state index contributed by atoms with van der Waals surface area (Å²) in [6.45, 7) is 0. The Morgan fingerprint density at radius 2 is 0.839 bits per heavy atom. The Hall–Kier alpha value is -7.99. The first-order chi connectivity index (χ1) is 30.7. The number of hydrogen-bond donors (Lipinski definition) is 0. The topological polar surface area (TPSA) is 51.8 Å². The summed E-state index contributed by atoms with van der Waals surface area (Å²) in [5, 5.41) is 4.60. The number of rotatable bonds is 7. The van der Waals surface area contributed by atoms with Gasteiger partial charge in [0.15, 0.2) is 17.5 Å². The first-order valence-corrected chi connectivity index (χ1v) is 21.6. The second kappa shape index (κ2) is 14.9. The van der Waals surface area contributed by atoms with Gasteiger partial charge >= 0.3 is 0 Å². The monoisotopic (exact) mass is 809 g/mol. The molecule has 0 aliphatic carbocycles. The smallest absolute Gasteiger partial charge is 0.167 e. The van der Waals surface area contributed by atoms with Gasteiger partial charge in [-0.15, -0.1) is 11.3 Å². The number of furan rings is 1. The third-order valence-corrected chi connectivity index (χ3v) is 13.0. The van der Waals surface area contributed by atoms with E-state index >= 15 is 0 Å². The highest BCUT2D eigenvalue weighted by atomic mass is 32.1. The van der Waals surface area contributed by atoms with Crippen LogP contribution >= 0.6 is 11.3 Å². The fraction of sp³-hybridized carbons (Fsp3) is 0. The molecule has 12 aromatic rings. The van der Waals surface area contributed by atoms with Crippen molar-refractivity contribution < 1.29 is 4.42 Å². The minimum atomic E-state index is 0.544. The van der Waals surface area contributed by atoms with E-state index < -0.39 is 0 Å². The van der Waals surface area contributed by atoms with E-state index in [1.54, 1.807) is 0 Å². The van der Waals surface area contributed by atoms with E-state index in [0.29, 0.717) is 17.5 Å². The highest BCUT2D eigenvalue weighted by Crippen LogP contribution is 2.47. The van der Waals surface area contributed by atoms with Crippen LogP contribution in [0, 0.1) is 0 Å². The standard InChI is InChI=1S/C57H35N3OS/c1-5-17-36(18-6-1)42-34-48(37-19-7-2-8-20-37)52-49(35-42)51-43(40-25-15-26-41(33-40)44-28-16-29-46-45-27-13-14-30-50(45)62-54(44)46)31-32-47(53(51)61-52)57-59-55(38-21-9-3-10-22-38)58-56(60-57)39-23-11-4-12-24-39/h1-35H.